The van der Waals surface area contributed by atoms with Gasteiger partial charge in [0.15, 0.2) is 0 Å². The van der Waals surface area contributed by atoms with Gasteiger partial charge in [-0.05, 0) is 39.7 Å². The van der Waals surface area contributed by atoms with Crippen LogP contribution in [0.25, 0.3) is 0 Å². The molecule has 1 aliphatic carbocycles. The molecule has 17 heavy (non-hydrogen) atoms. The molecule has 1 rings (SSSR count). The van der Waals surface area contributed by atoms with Crippen molar-refractivity contribution >= 4 is 11.9 Å². The number of amides is 1. The van der Waals surface area contributed by atoms with Crippen molar-refractivity contribution in [3.05, 3.63) is 0 Å². The largest absolute Gasteiger partial charge is 0.480 e. The van der Waals surface area contributed by atoms with Crippen molar-refractivity contribution in [1.82, 2.24) is 9.80 Å². The van der Waals surface area contributed by atoms with E-state index in [1.807, 2.05) is 13.8 Å². The van der Waals surface area contributed by atoms with Crippen LogP contribution in [0.3, 0.4) is 0 Å². The lowest BCUT2D eigenvalue weighted by Gasteiger charge is -2.27. The smallest absolute Gasteiger partial charge is 0.321 e. The second-order valence-corrected chi connectivity index (χ2v) is 4.60. The minimum absolute atomic E-state index is 0.00407. The van der Waals surface area contributed by atoms with Gasteiger partial charge in [0.25, 0.3) is 0 Å². The van der Waals surface area contributed by atoms with Gasteiger partial charge in [0, 0.05) is 13.1 Å². The normalized spacial score (nSPS) is 16.9. The molecule has 0 heterocycles. The highest BCUT2D eigenvalue weighted by molar-refractivity contribution is 5.80. The molecule has 0 saturated heterocycles. The Morgan fingerprint density at radius 1 is 1.29 bits per heavy atom. The van der Waals surface area contributed by atoms with Crippen LogP contribution in [-0.4, -0.2) is 59.5 Å². The van der Waals surface area contributed by atoms with Crippen LogP contribution >= 0.6 is 0 Å². The quantitative estimate of drug-likeness (QED) is 0.712. The molecule has 1 unspecified atom stereocenters. The van der Waals surface area contributed by atoms with Gasteiger partial charge in [0.1, 0.15) is 6.04 Å². The number of hydrogen-bond donors (Lipinski definition) is 1. The molecule has 98 valence electrons. The summed E-state index contributed by atoms with van der Waals surface area (Å²) in [6, 6.07) is -0.505. The first-order valence-electron chi connectivity index (χ1n) is 6.22. The SMILES string of the molecule is CCN(CC)C(=O)CN(C)C(C(=O)O)C1CC1. The van der Waals surface area contributed by atoms with E-state index >= 15 is 0 Å². The number of carbonyl (C=O) groups excluding carboxylic acids is 1. The van der Waals surface area contributed by atoms with E-state index in [2.05, 4.69) is 0 Å². The van der Waals surface area contributed by atoms with Gasteiger partial charge in [-0.1, -0.05) is 0 Å². The van der Waals surface area contributed by atoms with Crippen molar-refractivity contribution in [2.75, 3.05) is 26.7 Å². The van der Waals surface area contributed by atoms with Gasteiger partial charge in [-0.3, -0.25) is 14.5 Å². The van der Waals surface area contributed by atoms with E-state index in [1.165, 1.54) is 0 Å². The molecule has 5 heteroatoms. The Morgan fingerprint density at radius 2 is 1.82 bits per heavy atom. The lowest BCUT2D eigenvalue weighted by molar-refractivity contribution is -0.144. The molecule has 1 atom stereocenters. The predicted molar refractivity (Wildman–Crippen MR) is 64.7 cm³/mol. The average Bonchev–Trinajstić information content (AvgIpc) is 3.03. The molecule has 0 aromatic heterocycles. The zero-order valence-corrected chi connectivity index (χ0v) is 10.8. The Morgan fingerprint density at radius 3 is 2.18 bits per heavy atom. The Bertz CT molecular complexity index is 285. The monoisotopic (exact) mass is 242 g/mol. The van der Waals surface area contributed by atoms with Crippen LogP contribution in [0.2, 0.25) is 0 Å². The lowest BCUT2D eigenvalue weighted by atomic mass is 10.1. The fourth-order valence-electron chi connectivity index (χ4n) is 2.15. The van der Waals surface area contributed by atoms with E-state index in [0.29, 0.717) is 13.1 Å². The van der Waals surface area contributed by atoms with Crippen LogP contribution in [0.1, 0.15) is 26.7 Å². The molecule has 0 aliphatic heterocycles. The third-order valence-electron chi connectivity index (χ3n) is 3.30. The van der Waals surface area contributed by atoms with E-state index in [0.717, 1.165) is 12.8 Å². The Labute approximate surface area is 102 Å². The van der Waals surface area contributed by atoms with Crippen LogP contribution in [0.4, 0.5) is 0 Å². The number of carbonyl (C=O) groups is 2. The highest BCUT2D eigenvalue weighted by Crippen LogP contribution is 2.35. The molecule has 0 aromatic rings. The fourth-order valence-corrected chi connectivity index (χ4v) is 2.15. The number of rotatable bonds is 7. The molecule has 1 aliphatic rings. The van der Waals surface area contributed by atoms with Crippen LogP contribution in [0, 0.1) is 5.92 Å². The van der Waals surface area contributed by atoms with Gasteiger partial charge in [0.2, 0.25) is 5.91 Å². The number of likely N-dealkylation sites (N-methyl/N-ethyl adjacent to an activating group) is 2. The fraction of sp³-hybridized carbons (Fsp3) is 0.833. The van der Waals surface area contributed by atoms with Crippen molar-refractivity contribution < 1.29 is 14.7 Å². The van der Waals surface area contributed by atoms with Gasteiger partial charge in [-0.15, -0.1) is 0 Å². The van der Waals surface area contributed by atoms with Gasteiger partial charge in [-0.2, -0.15) is 0 Å². The maximum atomic E-state index is 11.9. The first-order chi connectivity index (χ1) is 8.01. The van der Waals surface area contributed by atoms with Gasteiger partial charge < -0.3 is 10.0 Å². The summed E-state index contributed by atoms with van der Waals surface area (Å²) >= 11 is 0. The van der Waals surface area contributed by atoms with Gasteiger partial charge in [0.05, 0.1) is 6.54 Å². The van der Waals surface area contributed by atoms with Crippen molar-refractivity contribution in [3.63, 3.8) is 0 Å². The maximum absolute atomic E-state index is 11.9. The minimum Gasteiger partial charge on any atom is -0.480 e. The third-order valence-corrected chi connectivity index (χ3v) is 3.30. The molecule has 5 nitrogen and oxygen atoms in total. The second kappa shape index (κ2) is 6.00. The minimum atomic E-state index is -0.817. The summed E-state index contributed by atoms with van der Waals surface area (Å²) in [7, 11) is 1.72. The van der Waals surface area contributed by atoms with Crippen molar-refractivity contribution in [2.24, 2.45) is 5.92 Å². The van der Waals surface area contributed by atoms with Crippen LogP contribution in [0.5, 0.6) is 0 Å². The third kappa shape index (κ3) is 3.70. The zero-order chi connectivity index (χ0) is 13.0. The van der Waals surface area contributed by atoms with Crippen LogP contribution in [-0.2, 0) is 9.59 Å². The molecule has 0 radical (unpaired) electrons. The second-order valence-electron chi connectivity index (χ2n) is 4.60. The van der Waals surface area contributed by atoms with E-state index in [1.54, 1.807) is 16.8 Å². The molecule has 1 saturated carbocycles. The number of carboxylic acid groups (broad SMARTS) is 1. The summed E-state index contributed by atoms with van der Waals surface area (Å²) < 4.78 is 0. The molecule has 1 N–H and O–H groups in total. The highest BCUT2D eigenvalue weighted by Gasteiger charge is 2.39. The maximum Gasteiger partial charge on any atom is 0.321 e. The summed E-state index contributed by atoms with van der Waals surface area (Å²) in [5.74, 6) is -0.589. The van der Waals surface area contributed by atoms with Gasteiger partial charge in [-0.25, -0.2) is 0 Å². The summed E-state index contributed by atoms with van der Waals surface area (Å²) in [4.78, 5) is 26.4. The number of nitrogens with zero attached hydrogens (tertiary/aromatic N) is 2. The van der Waals surface area contributed by atoms with Crippen molar-refractivity contribution in [2.45, 2.75) is 32.7 Å². The van der Waals surface area contributed by atoms with E-state index in [4.69, 9.17) is 5.11 Å². The molecule has 0 spiro atoms. The Balaban J connectivity index is 2.54. The lowest BCUT2D eigenvalue weighted by Crippen LogP contribution is -2.46. The summed E-state index contributed by atoms with van der Waals surface area (Å²) in [6.45, 7) is 5.39. The molecule has 0 aromatic carbocycles. The van der Waals surface area contributed by atoms with Crippen molar-refractivity contribution in [1.29, 1.82) is 0 Å². The summed E-state index contributed by atoms with van der Waals surface area (Å²) in [6.07, 6.45) is 1.92. The zero-order valence-electron chi connectivity index (χ0n) is 10.8. The average molecular weight is 242 g/mol. The first kappa shape index (κ1) is 14.0. The summed E-state index contributed by atoms with van der Waals surface area (Å²) in [5, 5.41) is 9.15. The molecule has 1 amide bonds. The summed E-state index contributed by atoms with van der Waals surface area (Å²) in [5.41, 5.74) is 0. The Kier molecular flexibility index (Phi) is 4.93. The molecular formula is C12H22N2O3. The number of carboxylic acids is 1. The van der Waals surface area contributed by atoms with E-state index in [-0.39, 0.29) is 18.4 Å². The molecule has 0 bridgehead atoms. The molecule has 1 fully saturated rings. The highest BCUT2D eigenvalue weighted by atomic mass is 16.4. The van der Waals surface area contributed by atoms with Crippen molar-refractivity contribution in [3.8, 4) is 0 Å². The predicted octanol–water partition coefficient (Wildman–Crippen LogP) is 0.650. The molecular weight excluding hydrogens is 220 g/mol. The van der Waals surface area contributed by atoms with E-state index < -0.39 is 12.0 Å². The van der Waals surface area contributed by atoms with E-state index in [9.17, 15) is 9.59 Å². The number of hydrogen-bond acceptors (Lipinski definition) is 3. The van der Waals surface area contributed by atoms with Crippen LogP contribution < -0.4 is 0 Å². The Hall–Kier alpha value is -1.10. The van der Waals surface area contributed by atoms with Crippen LogP contribution in [0.15, 0.2) is 0 Å². The first-order valence-corrected chi connectivity index (χ1v) is 6.22. The van der Waals surface area contributed by atoms with Gasteiger partial charge >= 0.3 is 5.97 Å². The number of aliphatic carboxylic acids is 1. The topological polar surface area (TPSA) is 60.9 Å². The standard InChI is InChI=1S/C12H22N2O3/c1-4-14(5-2)10(15)8-13(3)11(12(16)17)9-6-7-9/h9,11H,4-8H2,1-3H3,(H,16,17).